The first-order chi connectivity index (χ1) is 9.74. The zero-order valence-corrected chi connectivity index (χ0v) is 12.3. The molecule has 0 radical (unpaired) electrons. The van der Waals surface area contributed by atoms with Crippen molar-refractivity contribution in [1.82, 2.24) is 5.32 Å². The fraction of sp³-hybridized carbons (Fsp3) is 0.824. The van der Waals surface area contributed by atoms with Gasteiger partial charge in [0.2, 0.25) is 0 Å². The molecule has 4 saturated carbocycles. The second kappa shape index (κ2) is 4.87. The smallest absolute Gasteiger partial charge is 0.334 e. The molecule has 1 unspecified atom stereocenters. The molecule has 3 nitrogen and oxygen atoms in total. The van der Waals surface area contributed by atoms with Gasteiger partial charge in [-0.1, -0.05) is 6.08 Å². The fourth-order valence-corrected chi connectivity index (χ4v) is 5.87. The van der Waals surface area contributed by atoms with Gasteiger partial charge in [-0.15, -0.1) is 0 Å². The number of carbonyl (C=O) groups excluding carboxylic acids is 1. The van der Waals surface area contributed by atoms with Gasteiger partial charge in [0.15, 0.2) is 0 Å². The Morgan fingerprint density at radius 1 is 1.15 bits per heavy atom. The third kappa shape index (κ3) is 2.02. The molecule has 0 amide bonds. The molecule has 110 valence electrons. The van der Waals surface area contributed by atoms with Crippen LogP contribution in [0.5, 0.6) is 0 Å². The number of hydrogen-bond donors (Lipinski definition) is 1. The molecule has 4 bridgehead atoms. The molecule has 20 heavy (non-hydrogen) atoms. The van der Waals surface area contributed by atoms with Crippen LogP contribution in [0.3, 0.4) is 0 Å². The van der Waals surface area contributed by atoms with Gasteiger partial charge in [-0.3, -0.25) is 0 Å². The van der Waals surface area contributed by atoms with Gasteiger partial charge < -0.3 is 10.1 Å². The standard InChI is InChI=1S/C17H25NO2/c1-20-17(19)12-2-3-15(18-9-12)16-13-5-10-4-11(7-13)8-14(16)6-10/h2,10-11,13-16,18H,3-9H2,1H3. The minimum absolute atomic E-state index is 0.166. The Kier molecular flexibility index (Phi) is 3.13. The van der Waals surface area contributed by atoms with Crippen LogP contribution in [-0.2, 0) is 9.53 Å². The highest BCUT2D eigenvalue weighted by atomic mass is 16.5. The summed E-state index contributed by atoms with van der Waals surface area (Å²) in [6, 6.07) is 0.596. The van der Waals surface area contributed by atoms with Crippen molar-refractivity contribution in [2.24, 2.45) is 29.6 Å². The van der Waals surface area contributed by atoms with Crippen molar-refractivity contribution < 1.29 is 9.53 Å². The van der Waals surface area contributed by atoms with Crippen LogP contribution in [0, 0.1) is 29.6 Å². The lowest BCUT2D eigenvalue weighted by Crippen LogP contribution is -2.54. The highest BCUT2D eigenvalue weighted by Gasteiger charge is 2.50. The highest BCUT2D eigenvalue weighted by molar-refractivity contribution is 5.89. The number of rotatable bonds is 2. The van der Waals surface area contributed by atoms with Crippen LogP contribution in [0.4, 0.5) is 0 Å². The lowest BCUT2D eigenvalue weighted by atomic mass is 9.50. The molecule has 0 aromatic carbocycles. The number of hydrogen-bond acceptors (Lipinski definition) is 3. The number of ether oxygens (including phenoxy) is 1. The van der Waals surface area contributed by atoms with E-state index in [9.17, 15) is 4.79 Å². The third-order valence-electron chi connectivity index (χ3n) is 6.38. The maximum absolute atomic E-state index is 11.6. The van der Waals surface area contributed by atoms with Crippen LogP contribution in [-0.4, -0.2) is 25.7 Å². The van der Waals surface area contributed by atoms with E-state index in [1.54, 1.807) is 0 Å². The van der Waals surface area contributed by atoms with Gasteiger partial charge in [-0.2, -0.15) is 0 Å². The van der Waals surface area contributed by atoms with E-state index in [4.69, 9.17) is 4.74 Å². The van der Waals surface area contributed by atoms with Crippen molar-refractivity contribution in [1.29, 1.82) is 0 Å². The minimum Gasteiger partial charge on any atom is -0.466 e. The molecular formula is C17H25NO2. The number of nitrogens with one attached hydrogen (secondary N) is 1. The van der Waals surface area contributed by atoms with Crippen LogP contribution in [0.2, 0.25) is 0 Å². The quantitative estimate of drug-likeness (QED) is 0.787. The van der Waals surface area contributed by atoms with E-state index >= 15 is 0 Å². The summed E-state index contributed by atoms with van der Waals surface area (Å²) >= 11 is 0. The van der Waals surface area contributed by atoms with Crippen LogP contribution in [0.25, 0.3) is 0 Å². The molecule has 0 aromatic heterocycles. The van der Waals surface area contributed by atoms with Crippen molar-refractivity contribution in [2.75, 3.05) is 13.7 Å². The largest absolute Gasteiger partial charge is 0.466 e. The molecule has 0 aromatic rings. The van der Waals surface area contributed by atoms with Crippen molar-refractivity contribution >= 4 is 5.97 Å². The van der Waals surface area contributed by atoms with Crippen molar-refractivity contribution in [3.63, 3.8) is 0 Å². The summed E-state index contributed by atoms with van der Waals surface area (Å²) in [5.41, 5.74) is 0.813. The zero-order valence-electron chi connectivity index (χ0n) is 12.3. The van der Waals surface area contributed by atoms with Gasteiger partial charge in [0.1, 0.15) is 0 Å². The monoisotopic (exact) mass is 275 g/mol. The normalized spacial score (nSPS) is 46.1. The van der Waals surface area contributed by atoms with Crippen LogP contribution < -0.4 is 5.32 Å². The first-order valence-electron chi connectivity index (χ1n) is 8.25. The first-order valence-corrected chi connectivity index (χ1v) is 8.25. The van der Waals surface area contributed by atoms with Crippen molar-refractivity contribution in [3.05, 3.63) is 11.6 Å². The summed E-state index contributed by atoms with van der Waals surface area (Å²) in [6.45, 7) is 0.695. The predicted molar refractivity (Wildman–Crippen MR) is 77.0 cm³/mol. The van der Waals surface area contributed by atoms with E-state index in [0.717, 1.165) is 41.6 Å². The molecule has 0 saturated heterocycles. The molecule has 1 aliphatic heterocycles. The van der Waals surface area contributed by atoms with Gasteiger partial charge >= 0.3 is 5.97 Å². The molecule has 1 atom stereocenters. The Morgan fingerprint density at radius 3 is 2.30 bits per heavy atom. The van der Waals surface area contributed by atoms with Gasteiger partial charge in [0.25, 0.3) is 0 Å². The van der Waals surface area contributed by atoms with Gasteiger partial charge in [-0.05, 0) is 68.1 Å². The van der Waals surface area contributed by atoms with E-state index < -0.39 is 0 Å². The second-order valence-corrected chi connectivity index (χ2v) is 7.45. The lowest BCUT2D eigenvalue weighted by molar-refractivity contribution is -0.136. The molecule has 1 heterocycles. The van der Waals surface area contributed by atoms with Crippen LogP contribution >= 0.6 is 0 Å². The Labute approximate surface area is 121 Å². The maximum atomic E-state index is 11.6. The van der Waals surface area contributed by atoms with Gasteiger partial charge in [0, 0.05) is 18.2 Å². The van der Waals surface area contributed by atoms with Crippen molar-refractivity contribution in [3.8, 4) is 0 Å². The molecule has 5 aliphatic rings. The van der Waals surface area contributed by atoms with Crippen molar-refractivity contribution in [2.45, 2.75) is 44.6 Å². The highest BCUT2D eigenvalue weighted by Crippen LogP contribution is 2.57. The average Bonchev–Trinajstić information content (AvgIpc) is 2.46. The minimum atomic E-state index is -0.166. The van der Waals surface area contributed by atoms with Crippen LogP contribution in [0.1, 0.15) is 38.5 Å². The maximum Gasteiger partial charge on any atom is 0.334 e. The first kappa shape index (κ1) is 12.9. The summed E-state index contributed by atoms with van der Waals surface area (Å²) in [5.74, 6) is 4.69. The molecule has 4 aliphatic carbocycles. The number of methoxy groups -OCH3 is 1. The summed E-state index contributed by atoms with van der Waals surface area (Å²) in [4.78, 5) is 11.6. The Morgan fingerprint density at radius 2 is 1.80 bits per heavy atom. The number of carbonyl (C=O) groups is 1. The van der Waals surface area contributed by atoms with E-state index in [-0.39, 0.29) is 5.97 Å². The topological polar surface area (TPSA) is 38.3 Å². The molecule has 5 rings (SSSR count). The molecular weight excluding hydrogens is 250 g/mol. The molecule has 1 N–H and O–H groups in total. The molecule has 3 heteroatoms. The summed E-state index contributed by atoms with van der Waals surface area (Å²) in [6.07, 6.45) is 10.6. The lowest BCUT2D eigenvalue weighted by Gasteiger charge is -2.56. The Bertz CT molecular complexity index is 414. The molecule has 0 spiro atoms. The van der Waals surface area contributed by atoms with E-state index in [0.29, 0.717) is 12.6 Å². The van der Waals surface area contributed by atoms with E-state index in [1.807, 2.05) is 0 Å². The van der Waals surface area contributed by atoms with Crippen LogP contribution in [0.15, 0.2) is 11.6 Å². The van der Waals surface area contributed by atoms with Gasteiger partial charge in [0.05, 0.1) is 7.11 Å². The summed E-state index contributed by atoms with van der Waals surface area (Å²) in [5, 5.41) is 3.64. The van der Waals surface area contributed by atoms with E-state index in [1.165, 1.54) is 39.2 Å². The summed E-state index contributed by atoms with van der Waals surface area (Å²) in [7, 11) is 1.47. The molecule has 4 fully saturated rings. The second-order valence-electron chi connectivity index (χ2n) is 7.45. The summed E-state index contributed by atoms with van der Waals surface area (Å²) < 4.78 is 4.82. The average molecular weight is 275 g/mol. The van der Waals surface area contributed by atoms with E-state index in [2.05, 4.69) is 11.4 Å². The number of esters is 1. The fourth-order valence-electron chi connectivity index (χ4n) is 5.87. The SMILES string of the molecule is COC(=O)C1=CCC(C2C3CC4CC(C3)CC2C4)NC1. The predicted octanol–water partition coefficient (Wildman–Crippen LogP) is 2.52. The van der Waals surface area contributed by atoms with Gasteiger partial charge in [-0.25, -0.2) is 4.79 Å². The zero-order chi connectivity index (χ0) is 13.7. The Hall–Kier alpha value is -0.830. The Balaban J connectivity index is 1.47. The third-order valence-corrected chi connectivity index (χ3v) is 6.38.